The molecule has 0 amide bonds. The zero-order valence-electron chi connectivity index (χ0n) is 6.13. The van der Waals surface area contributed by atoms with E-state index in [2.05, 4.69) is 6.92 Å². The summed E-state index contributed by atoms with van der Waals surface area (Å²) in [6.07, 6.45) is 2.20. The first kappa shape index (κ1) is 9.27. The third-order valence-electron chi connectivity index (χ3n) is 0.963. The molecule has 0 aliphatic carbocycles. The lowest BCUT2D eigenvalue weighted by molar-refractivity contribution is 0.760. The lowest BCUT2D eigenvalue weighted by Gasteiger charge is -2.11. The molecule has 0 aromatic rings. The van der Waals surface area contributed by atoms with Crippen LogP contribution in [-0.2, 0) is 0 Å². The van der Waals surface area contributed by atoms with E-state index < -0.39 is 0 Å². The molecule has 0 rings (SSSR count). The van der Waals surface area contributed by atoms with Crippen LogP contribution in [0.1, 0.15) is 26.7 Å². The predicted molar refractivity (Wildman–Crippen MR) is 44.1 cm³/mol. The summed E-state index contributed by atoms with van der Waals surface area (Å²) in [5.74, 6) is 0. The molecule has 2 nitrogen and oxygen atoms in total. The van der Waals surface area contributed by atoms with E-state index in [4.69, 9.17) is 11.5 Å². The molecule has 0 bridgehead atoms. The summed E-state index contributed by atoms with van der Waals surface area (Å²) in [7, 11) is 0. The van der Waals surface area contributed by atoms with E-state index in [0.717, 1.165) is 12.8 Å². The maximum Gasteiger partial charge on any atom is 0.0522 e. The molecule has 0 aliphatic heterocycles. The first-order chi connectivity index (χ1) is 4.16. The molecule has 0 aromatic heterocycles. The van der Waals surface area contributed by atoms with Crippen molar-refractivity contribution in [2.75, 3.05) is 0 Å². The smallest absolute Gasteiger partial charge is 0.0522 e. The molecule has 0 aliphatic rings. The zero-order chi connectivity index (χ0) is 7.28. The lowest BCUT2D eigenvalue weighted by atomic mass is 10.3. The van der Waals surface area contributed by atoms with E-state index in [1.807, 2.05) is 6.92 Å². The highest BCUT2D eigenvalue weighted by molar-refractivity contribution is 8.00. The minimum atomic E-state index is 0.173. The number of rotatable bonds is 4. The van der Waals surface area contributed by atoms with Gasteiger partial charge in [0.2, 0.25) is 0 Å². The normalized spacial score (nSPS) is 17.3. The SMILES string of the molecule is CCCC(N)SC(C)N. The van der Waals surface area contributed by atoms with Gasteiger partial charge in [0.05, 0.1) is 5.37 Å². The van der Waals surface area contributed by atoms with Crippen LogP contribution in [0.5, 0.6) is 0 Å². The third kappa shape index (κ3) is 6.15. The van der Waals surface area contributed by atoms with E-state index in [1.165, 1.54) is 0 Å². The van der Waals surface area contributed by atoms with Crippen molar-refractivity contribution in [1.82, 2.24) is 0 Å². The molecule has 2 atom stereocenters. The fourth-order valence-corrected chi connectivity index (χ4v) is 1.55. The molecule has 3 heteroatoms. The largest absolute Gasteiger partial charge is 0.320 e. The van der Waals surface area contributed by atoms with Gasteiger partial charge in [-0.3, -0.25) is 0 Å². The Kier molecular flexibility index (Phi) is 5.24. The molecule has 0 spiro atoms. The number of nitrogens with two attached hydrogens (primary N) is 2. The van der Waals surface area contributed by atoms with Crippen LogP contribution in [0.2, 0.25) is 0 Å². The topological polar surface area (TPSA) is 52.0 Å². The molecule has 0 radical (unpaired) electrons. The van der Waals surface area contributed by atoms with Gasteiger partial charge in [0.15, 0.2) is 0 Å². The predicted octanol–water partition coefficient (Wildman–Crippen LogP) is 1.11. The van der Waals surface area contributed by atoms with Crippen molar-refractivity contribution in [3.05, 3.63) is 0 Å². The van der Waals surface area contributed by atoms with Gasteiger partial charge in [-0.1, -0.05) is 13.3 Å². The Labute approximate surface area is 61.4 Å². The summed E-state index contributed by atoms with van der Waals surface area (Å²) >= 11 is 1.63. The van der Waals surface area contributed by atoms with Crippen molar-refractivity contribution in [2.24, 2.45) is 11.5 Å². The van der Waals surface area contributed by atoms with Crippen molar-refractivity contribution < 1.29 is 0 Å². The Morgan fingerprint density at radius 3 is 2.33 bits per heavy atom. The van der Waals surface area contributed by atoms with Crippen LogP contribution < -0.4 is 11.5 Å². The van der Waals surface area contributed by atoms with Crippen LogP contribution in [0.15, 0.2) is 0 Å². The second-order valence-electron chi connectivity index (χ2n) is 2.17. The van der Waals surface area contributed by atoms with Crippen molar-refractivity contribution in [3.63, 3.8) is 0 Å². The average molecular weight is 148 g/mol. The fourth-order valence-electron chi connectivity index (χ4n) is 0.628. The highest BCUT2D eigenvalue weighted by atomic mass is 32.2. The molecule has 4 N–H and O–H groups in total. The standard InChI is InChI=1S/C6H16N2S/c1-3-4-6(8)9-5(2)7/h5-6H,3-4,7-8H2,1-2H3. The van der Waals surface area contributed by atoms with Crippen molar-refractivity contribution in [1.29, 1.82) is 0 Å². The zero-order valence-corrected chi connectivity index (χ0v) is 6.95. The van der Waals surface area contributed by atoms with Crippen molar-refractivity contribution >= 4 is 11.8 Å². The monoisotopic (exact) mass is 148 g/mol. The number of hydrogen-bond donors (Lipinski definition) is 2. The molecule has 56 valence electrons. The molecule has 0 heterocycles. The quantitative estimate of drug-likeness (QED) is 0.587. The Morgan fingerprint density at radius 2 is 2.00 bits per heavy atom. The fraction of sp³-hybridized carbons (Fsp3) is 1.00. The summed E-state index contributed by atoms with van der Waals surface area (Å²) < 4.78 is 0. The second-order valence-corrected chi connectivity index (χ2v) is 3.79. The van der Waals surface area contributed by atoms with E-state index in [1.54, 1.807) is 11.8 Å². The third-order valence-corrected chi connectivity index (χ3v) is 1.98. The Balaban J connectivity index is 3.15. The number of thioether (sulfide) groups is 1. The molecule has 0 saturated heterocycles. The highest BCUT2D eigenvalue weighted by Gasteiger charge is 2.02. The van der Waals surface area contributed by atoms with Crippen LogP contribution >= 0.6 is 11.8 Å². The maximum absolute atomic E-state index is 5.67. The Bertz CT molecular complexity index is 66.1. The summed E-state index contributed by atoms with van der Waals surface area (Å²) in [4.78, 5) is 0. The van der Waals surface area contributed by atoms with Crippen molar-refractivity contribution in [3.8, 4) is 0 Å². The van der Waals surface area contributed by atoms with Gasteiger partial charge in [-0.15, -0.1) is 11.8 Å². The van der Waals surface area contributed by atoms with E-state index >= 15 is 0 Å². The Morgan fingerprint density at radius 1 is 1.44 bits per heavy atom. The lowest BCUT2D eigenvalue weighted by Crippen LogP contribution is -2.22. The molecule has 9 heavy (non-hydrogen) atoms. The summed E-state index contributed by atoms with van der Waals surface area (Å²) in [5, 5.41) is 0.404. The number of hydrogen-bond acceptors (Lipinski definition) is 3. The summed E-state index contributed by atoms with van der Waals surface area (Å²) in [6.45, 7) is 4.09. The summed E-state index contributed by atoms with van der Waals surface area (Å²) in [5.41, 5.74) is 11.2. The van der Waals surface area contributed by atoms with Gasteiger partial charge in [0, 0.05) is 5.37 Å². The molecule has 0 aromatic carbocycles. The van der Waals surface area contributed by atoms with Crippen LogP contribution in [0, 0.1) is 0 Å². The highest BCUT2D eigenvalue weighted by Crippen LogP contribution is 2.13. The first-order valence-corrected chi connectivity index (χ1v) is 4.27. The van der Waals surface area contributed by atoms with Gasteiger partial charge >= 0.3 is 0 Å². The van der Waals surface area contributed by atoms with Gasteiger partial charge in [0.1, 0.15) is 0 Å². The van der Waals surface area contributed by atoms with Crippen LogP contribution in [-0.4, -0.2) is 10.7 Å². The average Bonchev–Trinajstić information content (AvgIpc) is 1.63. The van der Waals surface area contributed by atoms with Crippen LogP contribution in [0.25, 0.3) is 0 Å². The minimum absolute atomic E-state index is 0.173. The molecular formula is C6H16N2S. The van der Waals surface area contributed by atoms with Gasteiger partial charge in [-0.2, -0.15) is 0 Å². The maximum atomic E-state index is 5.67. The second kappa shape index (κ2) is 5.09. The molecule has 2 unspecified atom stereocenters. The molecule has 0 saturated carbocycles. The minimum Gasteiger partial charge on any atom is -0.320 e. The van der Waals surface area contributed by atoms with Crippen molar-refractivity contribution in [2.45, 2.75) is 37.4 Å². The van der Waals surface area contributed by atoms with E-state index in [9.17, 15) is 0 Å². The van der Waals surface area contributed by atoms with E-state index in [0.29, 0.717) is 0 Å². The van der Waals surface area contributed by atoms with Gasteiger partial charge < -0.3 is 11.5 Å². The van der Waals surface area contributed by atoms with Crippen LogP contribution in [0.3, 0.4) is 0 Å². The van der Waals surface area contributed by atoms with Crippen LogP contribution in [0.4, 0.5) is 0 Å². The van der Waals surface area contributed by atoms with Gasteiger partial charge in [-0.05, 0) is 13.3 Å². The molecule has 0 fully saturated rings. The first-order valence-electron chi connectivity index (χ1n) is 3.33. The van der Waals surface area contributed by atoms with E-state index in [-0.39, 0.29) is 10.7 Å². The van der Waals surface area contributed by atoms with Gasteiger partial charge in [-0.25, -0.2) is 0 Å². The molecular weight excluding hydrogens is 132 g/mol. The van der Waals surface area contributed by atoms with Gasteiger partial charge in [0.25, 0.3) is 0 Å². The summed E-state index contributed by atoms with van der Waals surface area (Å²) in [6, 6.07) is 0. The Hall–Kier alpha value is 0.270.